The van der Waals surface area contributed by atoms with Crippen LogP contribution in [0.4, 0.5) is 9.59 Å². The first kappa shape index (κ1) is 36.1. The fraction of sp³-hybridized carbons (Fsp3) is 0.576. The number of ether oxygens (including phenoxy) is 3. The summed E-state index contributed by atoms with van der Waals surface area (Å²) in [6, 6.07) is 15.3. The smallest absolute Gasteiger partial charge is 0.441 e. The highest BCUT2D eigenvalue weighted by Gasteiger charge is 2.50. The van der Waals surface area contributed by atoms with Crippen LogP contribution in [-0.2, 0) is 20.7 Å². The first-order chi connectivity index (χ1) is 21.2. The lowest BCUT2D eigenvalue weighted by Gasteiger charge is -2.46. The quantitative estimate of drug-likeness (QED) is 0.145. The number of aliphatic hydroxyl groups is 2. The van der Waals surface area contributed by atoms with Crippen LogP contribution >= 0.6 is 0 Å². The molecule has 12 nitrogen and oxygen atoms in total. The highest BCUT2D eigenvalue weighted by Crippen LogP contribution is 2.29. The van der Waals surface area contributed by atoms with Crippen molar-refractivity contribution in [3.8, 4) is 16.9 Å². The standard InChI is InChI=1S/C33H50N4O8/c1-6-7-18-37(30(39)45-35-29(38)44-31(2,3)4)33(34,32(5,40)41)24-25-9-11-26(12-10-25)27-13-15-28(16-14-27)43-21-8-17-36-19-22-42-23-20-36/h9-16,40-41H,6-8,17-24,34H2,1-5H3,(H,35,38). The predicted molar refractivity (Wildman–Crippen MR) is 170 cm³/mol. The summed E-state index contributed by atoms with van der Waals surface area (Å²) < 4.78 is 16.4. The molecule has 0 spiro atoms. The van der Waals surface area contributed by atoms with E-state index in [9.17, 15) is 19.8 Å². The van der Waals surface area contributed by atoms with E-state index in [1.54, 1.807) is 20.8 Å². The number of hydroxylamine groups is 1. The van der Waals surface area contributed by atoms with E-state index in [2.05, 4.69) is 4.90 Å². The van der Waals surface area contributed by atoms with Crippen LogP contribution in [0.5, 0.6) is 5.75 Å². The van der Waals surface area contributed by atoms with E-state index in [0.29, 0.717) is 25.0 Å². The Morgan fingerprint density at radius 3 is 2.13 bits per heavy atom. The van der Waals surface area contributed by atoms with Gasteiger partial charge in [0.05, 0.1) is 19.8 Å². The van der Waals surface area contributed by atoms with Crippen molar-refractivity contribution in [2.24, 2.45) is 5.73 Å². The zero-order valence-corrected chi connectivity index (χ0v) is 27.2. The number of amides is 2. The molecule has 0 radical (unpaired) electrons. The Morgan fingerprint density at radius 2 is 1.58 bits per heavy atom. The van der Waals surface area contributed by atoms with Gasteiger partial charge in [0.2, 0.25) is 0 Å². The largest absolute Gasteiger partial charge is 0.494 e. The van der Waals surface area contributed by atoms with Crippen molar-refractivity contribution in [2.75, 3.05) is 46.0 Å². The summed E-state index contributed by atoms with van der Waals surface area (Å²) in [6.45, 7) is 13.2. The highest BCUT2D eigenvalue weighted by molar-refractivity contribution is 5.73. The Hall–Kier alpha value is -3.42. The van der Waals surface area contributed by atoms with Gasteiger partial charge in [0.25, 0.3) is 0 Å². The van der Waals surface area contributed by atoms with E-state index in [-0.39, 0.29) is 13.0 Å². The third-order valence-electron chi connectivity index (χ3n) is 7.48. The van der Waals surface area contributed by atoms with Crippen molar-refractivity contribution in [3.05, 3.63) is 54.1 Å². The van der Waals surface area contributed by atoms with Gasteiger partial charge in [-0.1, -0.05) is 49.7 Å². The van der Waals surface area contributed by atoms with Gasteiger partial charge in [0.15, 0.2) is 11.4 Å². The normalized spacial score (nSPS) is 15.6. The van der Waals surface area contributed by atoms with Gasteiger partial charge in [-0.2, -0.15) is 0 Å². The molecule has 12 heteroatoms. The molecule has 1 saturated heterocycles. The number of unbranched alkanes of at least 4 members (excludes halogenated alkanes) is 1. The Balaban J connectivity index is 1.65. The lowest BCUT2D eigenvalue weighted by atomic mass is 9.90. The third kappa shape index (κ3) is 11.2. The van der Waals surface area contributed by atoms with E-state index in [4.69, 9.17) is 24.8 Å². The summed E-state index contributed by atoms with van der Waals surface area (Å²) >= 11 is 0. The molecule has 2 amide bonds. The van der Waals surface area contributed by atoms with Gasteiger partial charge in [0.1, 0.15) is 11.4 Å². The molecule has 0 bridgehead atoms. The number of hydrogen-bond donors (Lipinski definition) is 4. The van der Waals surface area contributed by atoms with Crippen molar-refractivity contribution in [2.45, 2.75) is 77.4 Å². The maximum absolute atomic E-state index is 13.1. The molecule has 45 heavy (non-hydrogen) atoms. The van der Waals surface area contributed by atoms with Crippen molar-refractivity contribution < 1.29 is 38.9 Å². The average Bonchev–Trinajstić information content (AvgIpc) is 2.98. The van der Waals surface area contributed by atoms with Crippen LogP contribution in [0.25, 0.3) is 11.1 Å². The molecule has 0 saturated carbocycles. The highest BCUT2D eigenvalue weighted by atomic mass is 16.7. The lowest BCUT2D eigenvalue weighted by Crippen LogP contribution is -2.72. The number of nitrogens with zero attached hydrogens (tertiary/aromatic N) is 2. The minimum Gasteiger partial charge on any atom is -0.494 e. The van der Waals surface area contributed by atoms with Crippen LogP contribution in [0.2, 0.25) is 0 Å². The van der Waals surface area contributed by atoms with E-state index in [1.807, 2.05) is 60.9 Å². The van der Waals surface area contributed by atoms with E-state index in [1.165, 1.54) is 0 Å². The zero-order chi connectivity index (χ0) is 33.1. The summed E-state index contributed by atoms with van der Waals surface area (Å²) in [6.07, 6.45) is 0.0117. The minimum absolute atomic E-state index is 0.0538. The predicted octanol–water partition coefficient (Wildman–Crippen LogP) is 4.03. The molecule has 3 rings (SSSR count). The first-order valence-electron chi connectivity index (χ1n) is 15.5. The van der Waals surface area contributed by atoms with Crippen LogP contribution in [-0.4, -0.2) is 95.3 Å². The molecule has 250 valence electrons. The average molecular weight is 631 g/mol. The van der Waals surface area contributed by atoms with Crippen molar-refractivity contribution in [1.29, 1.82) is 0 Å². The third-order valence-corrected chi connectivity index (χ3v) is 7.48. The number of hydrogen-bond acceptors (Lipinski definition) is 10. The summed E-state index contributed by atoms with van der Waals surface area (Å²) in [5.74, 6) is -1.72. The van der Waals surface area contributed by atoms with Gasteiger partial charge in [-0.15, -0.1) is 5.48 Å². The fourth-order valence-electron chi connectivity index (χ4n) is 4.90. The fourth-order valence-corrected chi connectivity index (χ4v) is 4.90. The second-order valence-corrected chi connectivity index (χ2v) is 12.5. The second kappa shape index (κ2) is 16.2. The molecule has 1 unspecified atom stereocenters. The molecular formula is C33H50N4O8. The molecule has 1 fully saturated rings. The lowest BCUT2D eigenvalue weighted by molar-refractivity contribution is -0.231. The Morgan fingerprint density at radius 1 is 0.978 bits per heavy atom. The Labute approximate surface area is 266 Å². The number of benzene rings is 2. The van der Waals surface area contributed by atoms with Crippen molar-refractivity contribution in [1.82, 2.24) is 15.3 Å². The van der Waals surface area contributed by atoms with Gasteiger partial charge >= 0.3 is 12.2 Å². The zero-order valence-electron chi connectivity index (χ0n) is 27.2. The van der Waals surface area contributed by atoms with Gasteiger partial charge < -0.3 is 35.0 Å². The Kier molecular flexibility index (Phi) is 13.0. The summed E-state index contributed by atoms with van der Waals surface area (Å²) in [7, 11) is 0. The second-order valence-electron chi connectivity index (χ2n) is 12.5. The maximum atomic E-state index is 13.1. The molecule has 2 aromatic rings. The van der Waals surface area contributed by atoms with E-state index >= 15 is 0 Å². The van der Waals surface area contributed by atoms with E-state index in [0.717, 1.165) is 68.0 Å². The molecule has 1 aliphatic rings. The SMILES string of the molecule is CCCCN(C(=O)ONC(=O)OC(C)(C)C)C(N)(Cc1ccc(-c2ccc(OCCCN3CCOCC3)cc2)cc1)C(C)(O)O. The minimum atomic E-state index is -2.53. The van der Waals surface area contributed by atoms with Gasteiger partial charge in [-0.05, 0) is 69.4 Å². The maximum Gasteiger partial charge on any atom is 0.441 e. The monoisotopic (exact) mass is 630 g/mol. The number of carbonyl (C=O) groups excluding carboxylic acids is 2. The first-order valence-corrected chi connectivity index (χ1v) is 15.5. The van der Waals surface area contributed by atoms with Gasteiger partial charge in [-0.25, -0.2) is 9.59 Å². The number of nitrogens with one attached hydrogen (secondary N) is 1. The molecule has 0 aromatic heterocycles. The topological polar surface area (TPSA) is 156 Å². The van der Waals surface area contributed by atoms with Crippen LogP contribution < -0.4 is 16.0 Å². The van der Waals surface area contributed by atoms with Crippen LogP contribution in [0.1, 0.15) is 59.4 Å². The number of morpholine rings is 1. The van der Waals surface area contributed by atoms with Crippen molar-refractivity contribution in [3.63, 3.8) is 0 Å². The van der Waals surface area contributed by atoms with Crippen LogP contribution in [0.3, 0.4) is 0 Å². The Bertz CT molecular complexity index is 1210. The summed E-state index contributed by atoms with van der Waals surface area (Å²) in [4.78, 5) is 33.6. The van der Waals surface area contributed by atoms with Gasteiger partial charge in [-0.3, -0.25) is 9.80 Å². The summed E-state index contributed by atoms with van der Waals surface area (Å²) in [5, 5.41) is 21.6. The van der Waals surface area contributed by atoms with Crippen LogP contribution in [0.15, 0.2) is 48.5 Å². The van der Waals surface area contributed by atoms with Crippen molar-refractivity contribution >= 4 is 12.2 Å². The molecular weight excluding hydrogens is 580 g/mol. The summed E-state index contributed by atoms with van der Waals surface area (Å²) in [5.41, 5.74) is 8.35. The number of nitrogens with two attached hydrogens (primary N) is 1. The molecule has 5 N–H and O–H groups in total. The molecule has 2 aromatic carbocycles. The van der Waals surface area contributed by atoms with E-state index < -0.39 is 29.2 Å². The molecule has 1 aliphatic heterocycles. The molecule has 1 heterocycles. The molecule has 0 aliphatic carbocycles. The molecule has 1 atom stereocenters. The van der Waals surface area contributed by atoms with Crippen LogP contribution in [0, 0.1) is 0 Å². The van der Waals surface area contributed by atoms with Gasteiger partial charge in [0, 0.05) is 32.6 Å². The number of carbonyl (C=O) groups is 2. The number of rotatable bonds is 13.